The van der Waals surface area contributed by atoms with Gasteiger partial charge in [-0.3, -0.25) is 0 Å². The number of aromatic nitrogens is 5. The van der Waals surface area contributed by atoms with Crippen molar-refractivity contribution in [1.29, 1.82) is 0 Å². The van der Waals surface area contributed by atoms with Crippen LogP contribution in [0.1, 0.15) is 54.9 Å². The van der Waals surface area contributed by atoms with Crippen molar-refractivity contribution < 1.29 is 0 Å². The molecule has 1 saturated heterocycles. The molecular weight excluding hydrogens is 332 g/mol. The monoisotopic (exact) mass is 354 g/mol. The van der Waals surface area contributed by atoms with Gasteiger partial charge in [0.15, 0.2) is 0 Å². The molecule has 0 atom stereocenters. The minimum absolute atomic E-state index is 0.515. The van der Waals surface area contributed by atoms with Gasteiger partial charge in [0.1, 0.15) is 28.6 Å². The number of nitrogens with zero attached hydrogens (tertiary/aromatic N) is 6. The maximum absolute atomic E-state index is 4.79. The summed E-state index contributed by atoms with van der Waals surface area (Å²) >= 11 is 1.72. The van der Waals surface area contributed by atoms with Gasteiger partial charge in [0.25, 0.3) is 0 Å². The van der Waals surface area contributed by atoms with Crippen molar-refractivity contribution in [3.8, 4) is 0 Å². The summed E-state index contributed by atoms with van der Waals surface area (Å²) in [6.45, 7) is 6.18. The van der Waals surface area contributed by atoms with Crippen LogP contribution in [-0.4, -0.2) is 37.8 Å². The Morgan fingerprint density at radius 1 is 1.08 bits per heavy atom. The lowest BCUT2D eigenvalue weighted by Gasteiger charge is -2.33. The SMILES string of the molecule is Cc1nc(N2CCC(c3nncn3C3CC3)CC2)c2c(C)csc2n1. The fraction of sp³-hybridized carbons (Fsp3) is 0.556. The van der Waals surface area contributed by atoms with Crippen LogP contribution >= 0.6 is 11.3 Å². The molecule has 2 aliphatic rings. The molecule has 0 bridgehead atoms. The van der Waals surface area contributed by atoms with E-state index in [-0.39, 0.29) is 0 Å². The summed E-state index contributed by atoms with van der Waals surface area (Å²) < 4.78 is 2.32. The first-order valence-electron chi connectivity index (χ1n) is 9.07. The molecule has 0 amide bonds. The lowest BCUT2D eigenvalue weighted by Crippen LogP contribution is -2.34. The van der Waals surface area contributed by atoms with Crippen LogP contribution in [0.25, 0.3) is 10.2 Å². The lowest BCUT2D eigenvalue weighted by atomic mass is 9.95. The van der Waals surface area contributed by atoms with Crippen molar-refractivity contribution >= 4 is 27.4 Å². The summed E-state index contributed by atoms with van der Waals surface area (Å²) in [6, 6.07) is 0.653. The predicted molar refractivity (Wildman–Crippen MR) is 99.4 cm³/mol. The van der Waals surface area contributed by atoms with Crippen LogP contribution < -0.4 is 4.90 Å². The Hall–Kier alpha value is -2.02. The molecule has 0 unspecified atom stereocenters. The zero-order chi connectivity index (χ0) is 17.0. The van der Waals surface area contributed by atoms with Crippen LogP contribution in [0.4, 0.5) is 5.82 Å². The highest BCUT2D eigenvalue weighted by Gasteiger charge is 2.31. The fourth-order valence-corrected chi connectivity index (χ4v) is 4.88. The normalized spacial score (nSPS) is 19.0. The molecule has 7 heteroatoms. The minimum atomic E-state index is 0.515. The third-order valence-corrected chi connectivity index (χ3v) is 6.40. The van der Waals surface area contributed by atoms with E-state index in [1.54, 1.807) is 11.3 Å². The van der Waals surface area contributed by atoms with Gasteiger partial charge in [0.2, 0.25) is 0 Å². The van der Waals surface area contributed by atoms with Gasteiger partial charge in [-0.2, -0.15) is 0 Å². The highest BCUT2D eigenvalue weighted by Crippen LogP contribution is 2.39. The first kappa shape index (κ1) is 15.3. The van der Waals surface area contributed by atoms with Gasteiger partial charge in [-0.15, -0.1) is 21.5 Å². The van der Waals surface area contributed by atoms with E-state index in [1.807, 2.05) is 13.3 Å². The van der Waals surface area contributed by atoms with Gasteiger partial charge in [-0.25, -0.2) is 9.97 Å². The van der Waals surface area contributed by atoms with E-state index in [9.17, 15) is 0 Å². The minimum Gasteiger partial charge on any atom is -0.356 e. The number of piperidine rings is 1. The van der Waals surface area contributed by atoms with Gasteiger partial charge in [0.05, 0.1) is 5.39 Å². The summed E-state index contributed by atoms with van der Waals surface area (Å²) in [7, 11) is 0. The number of hydrogen-bond acceptors (Lipinski definition) is 6. The number of hydrogen-bond donors (Lipinski definition) is 0. The molecule has 0 radical (unpaired) electrons. The largest absolute Gasteiger partial charge is 0.356 e. The molecule has 130 valence electrons. The van der Waals surface area contributed by atoms with E-state index >= 15 is 0 Å². The van der Waals surface area contributed by atoms with Crippen molar-refractivity contribution in [2.45, 2.75) is 51.5 Å². The van der Waals surface area contributed by atoms with Crippen LogP contribution in [0.3, 0.4) is 0 Å². The Morgan fingerprint density at radius 2 is 1.88 bits per heavy atom. The number of rotatable bonds is 3. The Morgan fingerprint density at radius 3 is 2.64 bits per heavy atom. The molecule has 1 aliphatic carbocycles. The van der Waals surface area contributed by atoms with Crippen molar-refractivity contribution in [2.75, 3.05) is 18.0 Å². The van der Waals surface area contributed by atoms with E-state index in [2.05, 4.69) is 37.0 Å². The molecule has 1 aliphatic heterocycles. The van der Waals surface area contributed by atoms with Crippen molar-refractivity contribution in [3.63, 3.8) is 0 Å². The maximum atomic E-state index is 4.79. The third-order valence-electron chi connectivity index (χ3n) is 5.41. The third kappa shape index (κ3) is 2.61. The molecule has 1 saturated carbocycles. The van der Waals surface area contributed by atoms with Crippen LogP contribution in [0.5, 0.6) is 0 Å². The summed E-state index contributed by atoms with van der Waals surface area (Å²) in [5.74, 6) is 3.68. The zero-order valence-corrected chi connectivity index (χ0v) is 15.5. The van der Waals surface area contributed by atoms with Crippen LogP contribution in [0.15, 0.2) is 11.7 Å². The first-order chi connectivity index (χ1) is 12.2. The number of fused-ring (bicyclic) bond motifs is 1. The molecule has 5 rings (SSSR count). The summed E-state index contributed by atoms with van der Waals surface area (Å²) in [6.07, 6.45) is 6.70. The fourth-order valence-electron chi connectivity index (χ4n) is 3.92. The topological polar surface area (TPSA) is 59.7 Å². The van der Waals surface area contributed by atoms with Crippen LogP contribution in [0.2, 0.25) is 0 Å². The predicted octanol–water partition coefficient (Wildman–Crippen LogP) is 3.62. The second-order valence-corrected chi connectivity index (χ2v) is 8.14. The highest BCUT2D eigenvalue weighted by atomic mass is 32.1. The van der Waals surface area contributed by atoms with Crippen LogP contribution in [0, 0.1) is 13.8 Å². The zero-order valence-electron chi connectivity index (χ0n) is 14.6. The van der Waals surface area contributed by atoms with Gasteiger partial charge < -0.3 is 9.47 Å². The maximum Gasteiger partial charge on any atom is 0.141 e. The van der Waals surface area contributed by atoms with Gasteiger partial charge >= 0.3 is 0 Å². The van der Waals surface area contributed by atoms with E-state index < -0.39 is 0 Å². The quantitative estimate of drug-likeness (QED) is 0.719. The molecule has 0 spiro atoms. The second-order valence-electron chi connectivity index (χ2n) is 7.28. The van der Waals surface area contributed by atoms with E-state index in [0.29, 0.717) is 12.0 Å². The Balaban J connectivity index is 1.40. The average Bonchev–Trinajstić information content (AvgIpc) is 3.23. The van der Waals surface area contributed by atoms with E-state index in [0.717, 1.165) is 42.4 Å². The Bertz CT molecular complexity index is 917. The van der Waals surface area contributed by atoms with Crippen molar-refractivity contribution in [2.24, 2.45) is 0 Å². The first-order valence-corrected chi connectivity index (χ1v) is 9.95. The Kier molecular flexibility index (Phi) is 3.51. The van der Waals surface area contributed by atoms with Crippen molar-refractivity contribution in [1.82, 2.24) is 24.7 Å². The lowest BCUT2D eigenvalue weighted by molar-refractivity contribution is 0.464. The molecule has 6 nitrogen and oxygen atoms in total. The smallest absolute Gasteiger partial charge is 0.141 e. The average molecular weight is 354 g/mol. The van der Waals surface area contributed by atoms with Gasteiger partial charge in [-0.1, -0.05) is 0 Å². The molecular formula is C18H22N6S. The van der Waals surface area contributed by atoms with E-state index in [4.69, 9.17) is 4.98 Å². The second kappa shape index (κ2) is 5.76. The molecule has 4 heterocycles. The Labute approximate surface area is 150 Å². The van der Waals surface area contributed by atoms with Crippen molar-refractivity contribution in [3.05, 3.63) is 28.9 Å². The summed E-state index contributed by atoms with van der Waals surface area (Å²) in [5.41, 5.74) is 1.28. The molecule has 3 aromatic rings. The summed E-state index contributed by atoms with van der Waals surface area (Å²) in [4.78, 5) is 12.9. The number of thiophene rings is 1. The highest BCUT2D eigenvalue weighted by molar-refractivity contribution is 7.17. The van der Waals surface area contributed by atoms with Crippen LogP contribution in [-0.2, 0) is 0 Å². The number of aryl methyl sites for hydroxylation is 2. The van der Waals surface area contributed by atoms with Gasteiger partial charge in [-0.05, 0) is 50.5 Å². The molecule has 3 aromatic heterocycles. The molecule has 25 heavy (non-hydrogen) atoms. The molecule has 0 aromatic carbocycles. The molecule has 2 fully saturated rings. The standard InChI is InChI=1S/C18H22N6S/c1-11-9-25-18-15(11)17(20-12(2)21-18)23-7-5-13(6-8-23)16-22-19-10-24(16)14-3-4-14/h9-10,13-14H,3-8H2,1-2H3. The molecule has 0 N–H and O–H groups in total. The summed E-state index contributed by atoms with van der Waals surface area (Å²) in [5, 5.41) is 12.0. The number of anilines is 1. The van der Waals surface area contributed by atoms with Gasteiger partial charge in [0, 0.05) is 25.0 Å². The van der Waals surface area contributed by atoms with E-state index in [1.165, 1.54) is 29.6 Å².